The average Bonchev–Trinajstić information content (AvgIpc) is 1.65. The Morgan fingerprint density at radius 3 is 1.45 bits per heavy atom. The molecule has 0 unspecified atom stereocenters. The van der Waals surface area contributed by atoms with E-state index in [2.05, 4.69) is 11.8 Å². The molecule has 0 saturated carbocycles. The van der Waals surface area contributed by atoms with E-state index >= 15 is 0 Å². The van der Waals surface area contributed by atoms with Gasteiger partial charge in [0, 0.05) is 0 Å². The first kappa shape index (κ1) is 20.3. The summed E-state index contributed by atoms with van der Waals surface area (Å²) >= 11 is 4.30. The van der Waals surface area contributed by atoms with Crippen LogP contribution in [0.5, 0.6) is 0 Å². The summed E-state index contributed by atoms with van der Waals surface area (Å²) in [6, 6.07) is 0. The van der Waals surface area contributed by atoms with Gasteiger partial charge in [-0.3, -0.25) is 0 Å². The van der Waals surface area contributed by atoms with E-state index in [-0.39, 0.29) is 108 Å². The summed E-state index contributed by atoms with van der Waals surface area (Å²) in [5.41, 5.74) is -0.285. The monoisotopic (exact) mass is 244 g/mol. The first-order valence-corrected chi connectivity index (χ1v) is 5.74. The molecule has 0 bridgehead atoms. The second kappa shape index (κ2) is 10.4. The van der Waals surface area contributed by atoms with Gasteiger partial charge in [0.15, 0.2) is 0 Å². The van der Waals surface area contributed by atoms with Crippen LogP contribution in [0, 0.1) is 0 Å². The van der Waals surface area contributed by atoms with Gasteiger partial charge in [-0.25, -0.2) is 6.49 Å². The molecule has 0 saturated heterocycles. The van der Waals surface area contributed by atoms with Crippen LogP contribution >= 0.6 is 6.49 Å². The van der Waals surface area contributed by atoms with E-state index in [0.29, 0.717) is 12.8 Å². The zero-order valence-corrected chi connectivity index (χ0v) is 15.6. The van der Waals surface area contributed by atoms with Gasteiger partial charge < -0.3 is 9.79 Å². The van der Waals surface area contributed by atoms with Gasteiger partial charge in [-0.05, 0) is 5.66 Å². The smallest absolute Gasteiger partial charge is 0.832 e. The predicted octanol–water partition coefficient (Wildman–Crippen LogP) is -5.79. The van der Waals surface area contributed by atoms with Crippen LogP contribution in [0.15, 0.2) is 0 Å². The van der Waals surface area contributed by atoms with Gasteiger partial charge in [0.05, 0.1) is 0 Å². The van der Waals surface area contributed by atoms with Crippen LogP contribution in [0.25, 0.3) is 0 Å². The van der Waals surface area contributed by atoms with Crippen molar-refractivity contribution in [3.63, 3.8) is 0 Å². The van der Waals surface area contributed by atoms with Crippen molar-refractivity contribution in [3.05, 3.63) is 0 Å². The molecular formula is C5H11K2O2PS. The van der Waals surface area contributed by atoms with Crippen LogP contribution < -0.4 is 113 Å². The first-order chi connectivity index (χ1) is 4.02. The van der Waals surface area contributed by atoms with Gasteiger partial charge in [-0.1, -0.05) is 26.7 Å². The molecule has 0 aromatic carbocycles. The Bertz CT molecular complexity index is 124. The SMILES string of the molecule is CCC(CC)P([O-])([O-])=S.[K+].[K+]. The fraction of sp³-hybridized carbons (Fsp3) is 1.00. The average molecular weight is 244 g/mol. The summed E-state index contributed by atoms with van der Waals surface area (Å²) in [4.78, 5) is 21.3. The van der Waals surface area contributed by atoms with E-state index in [1.807, 2.05) is 13.8 Å². The van der Waals surface area contributed by atoms with Crippen molar-refractivity contribution in [1.29, 1.82) is 0 Å². The zero-order valence-electron chi connectivity index (χ0n) is 7.66. The maximum absolute atomic E-state index is 10.6. The van der Waals surface area contributed by atoms with Gasteiger partial charge in [0.2, 0.25) is 0 Å². The molecule has 0 radical (unpaired) electrons. The second-order valence-corrected chi connectivity index (χ2v) is 5.35. The molecule has 0 aromatic rings. The quantitative estimate of drug-likeness (QED) is 0.367. The maximum Gasteiger partial charge on any atom is 1.00 e. The standard InChI is InChI=1S/C5H13O2PS.2K/c1-3-5(4-2)8(6,7)9;;/h5H,3-4H2,1-2H3,(H2,6,7,9);;/q;2*+1/p-2. The Morgan fingerprint density at radius 2 is 1.45 bits per heavy atom. The van der Waals surface area contributed by atoms with Gasteiger partial charge in [-0.2, -0.15) is 0 Å². The molecule has 11 heavy (non-hydrogen) atoms. The zero-order chi connectivity index (χ0) is 7.49. The topological polar surface area (TPSA) is 46.1 Å². The van der Waals surface area contributed by atoms with Gasteiger partial charge in [0.25, 0.3) is 0 Å². The molecule has 0 aliphatic heterocycles. The normalized spacial score (nSPS) is 10.3. The van der Waals surface area contributed by atoms with E-state index in [0.717, 1.165) is 0 Å². The third kappa shape index (κ3) is 10.1. The Kier molecular flexibility index (Phi) is 19.1. The molecule has 0 spiro atoms. The molecule has 0 heterocycles. The van der Waals surface area contributed by atoms with Crippen LogP contribution in [0.2, 0.25) is 0 Å². The molecule has 0 fully saturated rings. The number of rotatable bonds is 3. The minimum absolute atomic E-state index is 0. The van der Waals surface area contributed by atoms with E-state index < -0.39 is 6.49 Å². The van der Waals surface area contributed by atoms with E-state index in [1.54, 1.807) is 0 Å². The summed E-state index contributed by atoms with van der Waals surface area (Å²) in [6.45, 7) is 0.234. The molecular weight excluding hydrogens is 233 g/mol. The minimum atomic E-state index is -3.44. The first-order valence-electron chi connectivity index (χ1n) is 3.04. The van der Waals surface area contributed by atoms with E-state index in [9.17, 15) is 9.79 Å². The van der Waals surface area contributed by atoms with E-state index in [1.165, 1.54) is 0 Å². The fourth-order valence-corrected chi connectivity index (χ4v) is 2.52. The molecule has 0 aromatic heterocycles. The van der Waals surface area contributed by atoms with Gasteiger partial charge in [0.1, 0.15) is 0 Å². The van der Waals surface area contributed by atoms with Crippen molar-refractivity contribution in [2.24, 2.45) is 0 Å². The van der Waals surface area contributed by atoms with Crippen LogP contribution in [0.4, 0.5) is 0 Å². The Balaban J connectivity index is -0.000000320. The van der Waals surface area contributed by atoms with E-state index in [4.69, 9.17) is 0 Å². The molecule has 0 aliphatic rings. The molecule has 0 atom stereocenters. The third-order valence-corrected chi connectivity index (χ3v) is 3.91. The summed E-state index contributed by atoms with van der Waals surface area (Å²) in [5.74, 6) is 0. The van der Waals surface area contributed by atoms with Gasteiger partial charge in [-0.15, -0.1) is 11.8 Å². The number of hydrogen-bond acceptors (Lipinski definition) is 3. The van der Waals surface area contributed by atoms with Crippen molar-refractivity contribution in [3.8, 4) is 0 Å². The Labute approximate surface area is 159 Å². The van der Waals surface area contributed by atoms with Gasteiger partial charge >= 0.3 is 103 Å². The summed E-state index contributed by atoms with van der Waals surface area (Å²) in [5, 5.41) is 0. The Hall–Kier alpha value is 3.84. The molecule has 6 heteroatoms. The molecule has 56 valence electrons. The summed E-state index contributed by atoms with van der Waals surface area (Å²) in [6.07, 6.45) is 1.28. The maximum atomic E-state index is 10.6. The molecule has 0 aliphatic carbocycles. The molecule has 0 N–H and O–H groups in total. The van der Waals surface area contributed by atoms with Crippen molar-refractivity contribution in [2.45, 2.75) is 32.3 Å². The summed E-state index contributed by atoms with van der Waals surface area (Å²) < 4.78 is 0. The largest absolute Gasteiger partial charge is 1.00 e. The minimum Gasteiger partial charge on any atom is -0.832 e. The van der Waals surface area contributed by atoms with Crippen LogP contribution in [0.3, 0.4) is 0 Å². The molecule has 0 rings (SSSR count). The van der Waals surface area contributed by atoms with Crippen LogP contribution in [0.1, 0.15) is 26.7 Å². The number of hydrogen-bond donors (Lipinski definition) is 0. The van der Waals surface area contributed by atoms with Crippen molar-refractivity contribution >= 4 is 18.3 Å². The Morgan fingerprint density at radius 1 is 1.18 bits per heavy atom. The fourth-order valence-electron chi connectivity index (χ4n) is 0.736. The van der Waals surface area contributed by atoms with Crippen molar-refractivity contribution in [1.82, 2.24) is 0 Å². The molecule has 0 amide bonds. The van der Waals surface area contributed by atoms with Crippen molar-refractivity contribution < 1.29 is 113 Å². The van der Waals surface area contributed by atoms with Crippen molar-refractivity contribution in [2.75, 3.05) is 0 Å². The predicted molar refractivity (Wildman–Crippen MR) is 38.7 cm³/mol. The summed E-state index contributed by atoms with van der Waals surface area (Å²) in [7, 11) is 0. The molecule has 2 nitrogen and oxygen atoms in total. The van der Waals surface area contributed by atoms with Crippen LogP contribution in [-0.4, -0.2) is 5.66 Å². The third-order valence-electron chi connectivity index (χ3n) is 1.39. The van der Waals surface area contributed by atoms with Crippen LogP contribution in [-0.2, 0) is 11.8 Å². The second-order valence-electron chi connectivity index (χ2n) is 2.01.